The van der Waals surface area contributed by atoms with E-state index in [-0.39, 0.29) is 29.7 Å². The fraction of sp³-hybridized carbons (Fsp3) is 0.516. The lowest BCUT2D eigenvalue weighted by Crippen LogP contribution is -2.55. The maximum atomic E-state index is 14.3. The van der Waals surface area contributed by atoms with Gasteiger partial charge in [-0.2, -0.15) is 0 Å². The molecule has 3 rings (SSSR count). The average molecular weight is 522 g/mol. The van der Waals surface area contributed by atoms with E-state index in [1.165, 1.54) is 0 Å². The molecule has 2 N–H and O–H groups in total. The largest absolute Gasteiger partial charge is 0.444 e. The third-order valence-corrected chi connectivity index (χ3v) is 6.84. The summed E-state index contributed by atoms with van der Waals surface area (Å²) in [5.41, 5.74) is 3.09. The highest BCUT2D eigenvalue weighted by Gasteiger charge is 2.48. The molecular formula is C31H43N3O4. The van der Waals surface area contributed by atoms with Gasteiger partial charge in [0.1, 0.15) is 17.7 Å². The number of benzene rings is 2. The second-order valence-electron chi connectivity index (χ2n) is 11.9. The quantitative estimate of drug-likeness (QED) is 0.460. The Hall–Kier alpha value is -3.35. The van der Waals surface area contributed by atoms with Crippen LogP contribution in [0.1, 0.15) is 76.3 Å². The van der Waals surface area contributed by atoms with E-state index in [0.717, 1.165) is 28.7 Å². The second-order valence-corrected chi connectivity index (χ2v) is 11.9. The van der Waals surface area contributed by atoms with Crippen molar-refractivity contribution < 1.29 is 19.1 Å². The summed E-state index contributed by atoms with van der Waals surface area (Å²) >= 11 is 0. The maximum Gasteiger partial charge on any atom is 0.408 e. The molecule has 0 spiro atoms. The molecule has 1 aliphatic rings. The van der Waals surface area contributed by atoms with Gasteiger partial charge in [0.2, 0.25) is 11.8 Å². The van der Waals surface area contributed by atoms with Gasteiger partial charge in [-0.05, 0) is 69.6 Å². The Morgan fingerprint density at radius 1 is 1.05 bits per heavy atom. The van der Waals surface area contributed by atoms with E-state index < -0.39 is 23.8 Å². The van der Waals surface area contributed by atoms with Crippen LogP contribution in [0, 0.1) is 25.7 Å². The highest BCUT2D eigenvalue weighted by atomic mass is 16.6. The molecule has 2 aromatic carbocycles. The molecule has 4 unspecified atom stereocenters. The first-order valence-corrected chi connectivity index (χ1v) is 13.5. The van der Waals surface area contributed by atoms with Crippen LogP contribution in [0.5, 0.6) is 0 Å². The van der Waals surface area contributed by atoms with Gasteiger partial charge in [0.25, 0.3) is 0 Å². The molecule has 7 nitrogen and oxygen atoms in total. The fourth-order valence-corrected chi connectivity index (χ4v) is 4.71. The number of carbonyl (C=O) groups excluding carboxylic acids is 3. The smallest absolute Gasteiger partial charge is 0.408 e. The van der Waals surface area contributed by atoms with Crippen LogP contribution in [0.15, 0.2) is 48.5 Å². The van der Waals surface area contributed by atoms with Crippen LogP contribution < -0.4 is 10.6 Å². The van der Waals surface area contributed by atoms with Crippen LogP contribution in [0.2, 0.25) is 0 Å². The molecule has 7 heteroatoms. The van der Waals surface area contributed by atoms with Crippen LogP contribution in [-0.2, 0) is 20.9 Å². The minimum absolute atomic E-state index is 0.0997. The van der Waals surface area contributed by atoms with E-state index in [2.05, 4.69) is 17.6 Å². The fourth-order valence-electron chi connectivity index (χ4n) is 4.71. The molecule has 3 amide bonds. The van der Waals surface area contributed by atoms with Crippen molar-refractivity contribution in [3.8, 4) is 0 Å². The number of carbonyl (C=O) groups is 3. The monoisotopic (exact) mass is 521 g/mol. The molecule has 0 bridgehead atoms. The summed E-state index contributed by atoms with van der Waals surface area (Å²) < 4.78 is 5.46. The summed E-state index contributed by atoms with van der Waals surface area (Å²) in [6.45, 7) is 15.5. The zero-order chi connectivity index (χ0) is 28.2. The number of hydrogen-bond donors (Lipinski definition) is 2. The minimum Gasteiger partial charge on any atom is -0.444 e. The molecule has 0 aromatic heterocycles. The number of aryl methyl sites for hydroxylation is 2. The minimum atomic E-state index is -0.840. The number of amides is 3. The predicted molar refractivity (Wildman–Crippen MR) is 149 cm³/mol. The zero-order valence-electron chi connectivity index (χ0n) is 24.0. The molecule has 206 valence electrons. The highest BCUT2D eigenvalue weighted by molar-refractivity contribution is 5.93. The van der Waals surface area contributed by atoms with Crippen molar-refractivity contribution in [1.29, 1.82) is 0 Å². The lowest BCUT2D eigenvalue weighted by atomic mass is 9.94. The average Bonchev–Trinajstić information content (AvgIpc) is 3.54. The van der Waals surface area contributed by atoms with Crippen molar-refractivity contribution in [3.63, 3.8) is 0 Å². The Labute approximate surface area is 227 Å². The van der Waals surface area contributed by atoms with Crippen LogP contribution in [0.3, 0.4) is 0 Å². The van der Waals surface area contributed by atoms with Gasteiger partial charge in [-0.3, -0.25) is 9.59 Å². The van der Waals surface area contributed by atoms with Crippen LogP contribution in [0.25, 0.3) is 0 Å². The number of nitrogens with zero attached hydrogens (tertiary/aromatic N) is 1. The topological polar surface area (TPSA) is 87.7 Å². The van der Waals surface area contributed by atoms with Crippen LogP contribution in [0.4, 0.5) is 4.79 Å². The standard InChI is InChI=1S/C31H43N3O4/c1-19(2)26(33-30(37)38-31(6,7)8)29(36)34(25-17-22(25)5)27(24-15-14-20(3)16-21(24)4)28(35)32-18-23-12-10-9-11-13-23/h9-16,19,22,25-27H,17-18H2,1-8H3,(H,32,35)(H,33,37). The van der Waals surface area contributed by atoms with E-state index in [1.54, 1.807) is 25.7 Å². The Kier molecular flexibility index (Phi) is 9.23. The van der Waals surface area contributed by atoms with Crippen LogP contribution in [-0.4, -0.2) is 40.5 Å². The third kappa shape index (κ3) is 7.59. The molecule has 1 fully saturated rings. The van der Waals surface area contributed by atoms with Gasteiger partial charge in [0.15, 0.2) is 0 Å². The van der Waals surface area contributed by atoms with Crippen molar-refractivity contribution in [3.05, 3.63) is 70.8 Å². The van der Waals surface area contributed by atoms with Gasteiger partial charge in [0.05, 0.1) is 0 Å². The SMILES string of the molecule is Cc1ccc(C(C(=O)NCc2ccccc2)N(C(=O)C(NC(=O)OC(C)(C)C)C(C)C)C2CC2C)c(C)c1. The summed E-state index contributed by atoms with van der Waals surface area (Å²) in [6, 6.07) is 13.9. The molecule has 0 radical (unpaired) electrons. The molecule has 1 aliphatic carbocycles. The lowest BCUT2D eigenvalue weighted by molar-refractivity contribution is -0.144. The number of ether oxygens (including phenoxy) is 1. The normalized spacial score (nSPS) is 18.3. The Morgan fingerprint density at radius 2 is 1.68 bits per heavy atom. The number of hydrogen-bond acceptors (Lipinski definition) is 4. The first-order chi connectivity index (χ1) is 17.8. The van der Waals surface area contributed by atoms with Gasteiger partial charge in [0, 0.05) is 12.6 Å². The van der Waals surface area contributed by atoms with E-state index >= 15 is 0 Å². The Bertz CT molecular complexity index is 1140. The predicted octanol–water partition coefficient (Wildman–Crippen LogP) is 5.45. The van der Waals surface area contributed by atoms with Gasteiger partial charge in [-0.15, -0.1) is 0 Å². The van der Waals surface area contributed by atoms with Crippen molar-refractivity contribution in [1.82, 2.24) is 15.5 Å². The van der Waals surface area contributed by atoms with Crippen molar-refractivity contribution >= 4 is 17.9 Å². The molecule has 0 saturated heterocycles. The number of alkyl carbamates (subject to hydrolysis) is 1. The zero-order valence-corrected chi connectivity index (χ0v) is 24.0. The Morgan fingerprint density at radius 3 is 2.21 bits per heavy atom. The second kappa shape index (κ2) is 12.0. The molecule has 0 heterocycles. The molecule has 2 aromatic rings. The molecule has 1 saturated carbocycles. The van der Waals surface area contributed by atoms with Gasteiger partial charge in [-0.1, -0.05) is 74.9 Å². The van der Waals surface area contributed by atoms with E-state index in [4.69, 9.17) is 4.74 Å². The summed E-state index contributed by atoms with van der Waals surface area (Å²) in [5, 5.41) is 5.86. The van der Waals surface area contributed by atoms with E-state index in [9.17, 15) is 14.4 Å². The third-order valence-electron chi connectivity index (χ3n) is 6.84. The van der Waals surface area contributed by atoms with Crippen molar-refractivity contribution in [2.75, 3.05) is 0 Å². The first-order valence-electron chi connectivity index (χ1n) is 13.5. The summed E-state index contributed by atoms with van der Waals surface area (Å²) in [7, 11) is 0. The van der Waals surface area contributed by atoms with E-state index in [0.29, 0.717) is 6.54 Å². The number of rotatable bonds is 9. The van der Waals surface area contributed by atoms with Crippen molar-refractivity contribution in [2.45, 2.75) is 92.1 Å². The maximum absolute atomic E-state index is 14.3. The molecular weight excluding hydrogens is 478 g/mol. The Balaban J connectivity index is 1.99. The summed E-state index contributed by atoms with van der Waals surface area (Å²) in [4.78, 5) is 42.6. The van der Waals surface area contributed by atoms with Gasteiger partial charge >= 0.3 is 6.09 Å². The van der Waals surface area contributed by atoms with Gasteiger partial charge < -0.3 is 20.3 Å². The van der Waals surface area contributed by atoms with Crippen molar-refractivity contribution in [2.24, 2.45) is 11.8 Å². The number of nitrogens with one attached hydrogen (secondary N) is 2. The molecule has 0 aliphatic heterocycles. The highest BCUT2D eigenvalue weighted by Crippen LogP contribution is 2.41. The summed E-state index contributed by atoms with van der Waals surface area (Å²) in [6.07, 6.45) is 0.154. The van der Waals surface area contributed by atoms with E-state index in [1.807, 2.05) is 76.2 Å². The summed E-state index contributed by atoms with van der Waals surface area (Å²) in [5.74, 6) is -0.477. The molecule has 38 heavy (non-hydrogen) atoms. The van der Waals surface area contributed by atoms with Gasteiger partial charge in [-0.25, -0.2) is 4.79 Å². The van der Waals surface area contributed by atoms with Crippen LogP contribution >= 0.6 is 0 Å². The molecule has 4 atom stereocenters. The first kappa shape index (κ1) is 29.2. The lowest BCUT2D eigenvalue weighted by Gasteiger charge is -2.36.